The minimum absolute atomic E-state index is 0.179. The summed E-state index contributed by atoms with van der Waals surface area (Å²) >= 11 is 0. The molecule has 0 aliphatic carbocycles. The summed E-state index contributed by atoms with van der Waals surface area (Å²) in [7, 11) is 1.80. The van der Waals surface area contributed by atoms with E-state index < -0.39 is 6.03 Å². The number of urea groups is 1. The Morgan fingerprint density at radius 2 is 1.74 bits per heavy atom. The van der Waals surface area contributed by atoms with E-state index in [9.17, 15) is 9.59 Å². The molecule has 0 fully saturated rings. The van der Waals surface area contributed by atoms with Gasteiger partial charge in [0.2, 0.25) is 5.95 Å². The second kappa shape index (κ2) is 8.99. The molecule has 0 unspecified atom stereocenters. The van der Waals surface area contributed by atoms with Crippen molar-refractivity contribution in [3.63, 3.8) is 0 Å². The van der Waals surface area contributed by atoms with Crippen LogP contribution in [0.25, 0.3) is 0 Å². The summed E-state index contributed by atoms with van der Waals surface area (Å²) in [6.45, 7) is 8.36. The molecule has 1 aromatic heterocycles. The largest absolute Gasteiger partial charge is 0.334 e. The summed E-state index contributed by atoms with van der Waals surface area (Å²) in [6, 6.07) is 14.3. The predicted octanol–water partition coefficient (Wildman–Crippen LogP) is 4.00. The van der Waals surface area contributed by atoms with Crippen LogP contribution < -0.4 is 16.0 Å². The molecular formula is C23H28N6O2. The van der Waals surface area contributed by atoms with Gasteiger partial charge in [0.05, 0.1) is 0 Å². The van der Waals surface area contributed by atoms with Crippen LogP contribution in [0.4, 0.5) is 16.4 Å². The van der Waals surface area contributed by atoms with Crippen molar-refractivity contribution in [3.05, 3.63) is 71.0 Å². The summed E-state index contributed by atoms with van der Waals surface area (Å²) in [5.41, 5.74) is 3.01. The van der Waals surface area contributed by atoms with E-state index in [0.29, 0.717) is 17.8 Å². The lowest BCUT2D eigenvalue weighted by Gasteiger charge is -2.15. The molecule has 0 radical (unpaired) electrons. The molecule has 3 N–H and O–H groups in total. The lowest BCUT2D eigenvalue weighted by molar-refractivity contribution is 0.102. The molecule has 3 rings (SSSR count). The third-order valence-electron chi connectivity index (χ3n) is 4.61. The van der Waals surface area contributed by atoms with E-state index in [1.54, 1.807) is 23.9 Å². The molecule has 8 nitrogen and oxygen atoms in total. The second-order valence-electron chi connectivity index (χ2n) is 8.46. The van der Waals surface area contributed by atoms with Crippen molar-refractivity contribution >= 4 is 23.6 Å². The van der Waals surface area contributed by atoms with Crippen LogP contribution in [0.15, 0.2) is 48.5 Å². The number of nitrogens with one attached hydrogen (secondary N) is 3. The SMILES string of the molecule is Cc1ccc(C(=O)Nc2cccc(CNC(=O)Nc3nc(C(C)(C)C)n(C)n3)c2)cc1. The number of amides is 3. The van der Waals surface area contributed by atoms with Crippen LogP contribution in [0.2, 0.25) is 0 Å². The number of nitrogens with zero attached hydrogens (tertiary/aromatic N) is 3. The quantitative estimate of drug-likeness (QED) is 0.581. The van der Waals surface area contributed by atoms with Gasteiger partial charge >= 0.3 is 6.03 Å². The molecule has 162 valence electrons. The van der Waals surface area contributed by atoms with E-state index in [0.717, 1.165) is 17.0 Å². The zero-order chi connectivity index (χ0) is 22.6. The van der Waals surface area contributed by atoms with Gasteiger partial charge in [0.1, 0.15) is 5.82 Å². The average molecular weight is 421 g/mol. The molecule has 3 amide bonds. The molecule has 0 atom stereocenters. The van der Waals surface area contributed by atoms with Crippen molar-refractivity contribution in [2.75, 3.05) is 10.6 Å². The highest BCUT2D eigenvalue weighted by molar-refractivity contribution is 6.04. The molecule has 0 saturated carbocycles. The van der Waals surface area contributed by atoms with Crippen LogP contribution in [0.3, 0.4) is 0 Å². The summed E-state index contributed by atoms with van der Waals surface area (Å²) in [6.07, 6.45) is 0. The van der Waals surface area contributed by atoms with Crippen LogP contribution in [0, 0.1) is 6.92 Å². The lowest BCUT2D eigenvalue weighted by atomic mass is 9.96. The van der Waals surface area contributed by atoms with Gasteiger partial charge in [0, 0.05) is 30.3 Å². The number of rotatable bonds is 5. The van der Waals surface area contributed by atoms with Crippen LogP contribution in [-0.4, -0.2) is 26.7 Å². The molecule has 2 aromatic carbocycles. The van der Waals surface area contributed by atoms with Gasteiger partial charge in [-0.2, -0.15) is 4.98 Å². The Kier molecular flexibility index (Phi) is 6.39. The Bertz CT molecular complexity index is 1080. The Hall–Kier alpha value is -3.68. The summed E-state index contributed by atoms with van der Waals surface area (Å²) in [4.78, 5) is 29.0. The molecule has 0 bridgehead atoms. The molecule has 1 heterocycles. The molecule has 0 aliphatic heterocycles. The number of carbonyl (C=O) groups is 2. The van der Waals surface area contributed by atoms with Crippen molar-refractivity contribution in [2.45, 2.75) is 39.7 Å². The third-order valence-corrected chi connectivity index (χ3v) is 4.61. The Morgan fingerprint density at radius 1 is 1.03 bits per heavy atom. The van der Waals surface area contributed by atoms with E-state index >= 15 is 0 Å². The number of carbonyl (C=O) groups excluding carboxylic acids is 2. The number of benzene rings is 2. The first kappa shape index (κ1) is 22.0. The summed E-state index contributed by atoms with van der Waals surface area (Å²) < 4.78 is 1.66. The zero-order valence-electron chi connectivity index (χ0n) is 18.5. The zero-order valence-corrected chi connectivity index (χ0v) is 18.5. The molecule has 0 aliphatic rings. The fraction of sp³-hybridized carbons (Fsp3) is 0.304. The number of aromatic nitrogens is 3. The fourth-order valence-corrected chi connectivity index (χ4v) is 3.09. The number of aryl methyl sites for hydroxylation is 2. The molecule has 3 aromatic rings. The van der Waals surface area contributed by atoms with Gasteiger partial charge in [-0.05, 0) is 36.8 Å². The van der Waals surface area contributed by atoms with Crippen molar-refractivity contribution in [2.24, 2.45) is 7.05 Å². The van der Waals surface area contributed by atoms with E-state index in [1.165, 1.54) is 0 Å². The Labute approximate surface area is 182 Å². The van der Waals surface area contributed by atoms with Crippen molar-refractivity contribution in [1.29, 1.82) is 0 Å². The first-order chi connectivity index (χ1) is 14.6. The minimum atomic E-state index is -0.403. The summed E-state index contributed by atoms with van der Waals surface area (Å²) in [5.74, 6) is 0.850. The molecule has 8 heteroatoms. The smallest absolute Gasteiger partial charge is 0.321 e. The van der Waals surface area contributed by atoms with Crippen molar-refractivity contribution < 1.29 is 9.59 Å². The van der Waals surface area contributed by atoms with Gasteiger partial charge in [-0.15, -0.1) is 5.10 Å². The Balaban J connectivity index is 1.57. The van der Waals surface area contributed by atoms with E-state index in [2.05, 4.69) is 26.0 Å². The number of hydrogen-bond acceptors (Lipinski definition) is 4. The maximum Gasteiger partial charge on any atom is 0.321 e. The lowest BCUT2D eigenvalue weighted by Crippen LogP contribution is -2.28. The van der Waals surface area contributed by atoms with Gasteiger partial charge in [-0.3, -0.25) is 14.8 Å². The van der Waals surface area contributed by atoms with E-state index in [4.69, 9.17) is 0 Å². The normalized spacial score (nSPS) is 11.1. The van der Waals surface area contributed by atoms with Crippen LogP contribution in [0.1, 0.15) is 48.1 Å². The van der Waals surface area contributed by atoms with Gasteiger partial charge in [0.25, 0.3) is 5.91 Å². The van der Waals surface area contributed by atoms with Crippen molar-refractivity contribution in [3.8, 4) is 0 Å². The van der Waals surface area contributed by atoms with Gasteiger partial charge < -0.3 is 10.6 Å². The molecular weight excluding hydrogens is 392 g/mol. The topological polar surface area (TPSA) is 101 Å². The monoisotopic (exact) mass is 420 g/mol. The van der Waals surface area contributed by atoms with Crippen LogP contribution in [0.5, 0.6) is 0 Å². The number of hydrogen-bond donors (Lipinski definition) is 3. The first-order valence-electron chi connectivity index (χ1n) is 10.0. The Morgan fingerprint density at radius 3 is 2.39 bits per heavy atom. The summed E-state index contributed by atoms with van der Waals surface area (Å²) in [5, 5.41) is 12.6. The van der Waals surface area contributed by atoms with Gasteiger partial charge in [-0.1, -0.05) is 50.6 Å². The maximum absolute atomic E-state index is 12.4. The average Bonchev–Trinajstić information content (AvgIpc) is 3.07. The minimum Gasteiger partial charge on any atom is -0.334 e. The first-order valence-corrected chi connectivity index (χ1v) is 10.0. The van der Waals surface area contributed by atoms with Gasteiger partial charge in [0.15, 0.2) is 0 Å². The molecule has 0 saturated heterocycles. The number of anilines is 2. The highest BCUT2D eigenvalue weighted by Crippen LogP contribution is 2.20. The highest BCUT2D eigenvalue weighted by atomic mass is 16.2. The van der Waals surface area contributed by atoms with E-state index in [-0.39, 0.29) is 17.3 Å². The fourth-order valence-electron chi connectivity index (χ4n) is 3.09. The second-order valence-corrected chi connectivity index (χ2v) is 8.46. The molecule has 0 spiro atoms. The third kappa shape index (κ3) is 5.91. The van der Waals surface area contributed by atoms with Crippen LogP contribution in [-0.2, 0) is 19.0 Å². The van der Waals surface area contributed by atoms with Gasteiger partial charge in [-0.25, -0.2) is 4.79 Å². The van der Waals surface area contributed by atoms with Crippen molar-refractivity contribution in [1.82, 2.24) is 20.1 Å². The van der Waals surface area contributed by atoms with Crippen LogP contribution >= 0.6 is 0 Å². The highest BCUT2D eigenvalue weighted by Gasteiger charge is 2.22. The standard InChI is InChI=1S/C23H28N6O2/c1-15-9-11-17(12-10-15)19(30)25-18-8-6-7-16(13-18)14-24-22(31)27-21-26-20(23(2,3)4)29(5)28-21/h6-13H,14H2,1-5H3,(H,25,30)(H2,24,27,28,31). The predicted molar refractivity (Wildman–Crippen MR) is 121 cm³/mol. The maximum atomic E-state index is 12.4. The molecule has 31 heavy (non-hydrogen) atoms. The van der Waals surface area contributed by atoms with E-state index in [1.807, 2.05) is 64.1 Å².